The van der Waals surface area contributed by atoms with Crippen LogP contribution in [0.15, 0.2) is 72.8 Å². The van der Waals surface area contributed by atoms with E-state index in [2.05, 4.69) is 4.90 Å². The second-order valence-corrected chi connectivity index (χ2v) is 8.90. The predicted molar refractivity (Wildman–Crippen MR) is 144 cm³/mol. The van der Waals surface area contributed by atoms with Gasteiger partial charge in [0.25, 0.3) is 5.91 Å². The van der Waals surface area contributed by atoms with Crippen LogP contribution in [0.5, 0.6) is 23.0 Å². The number of aromatic hydroxyl groups is 1. The molecule has 0 aliphatic rings. The topological polar surface area (TPSA) is 124 Å². The van der Waals surface area contributed by atoms with Crippen LogP contribution in [-0.4, -0.2) is 73.2 Å². The third kappa shape index (κ3) is 9.26. The van der Waals surface area contributed by atoms with Gasteiger partial charge >= 0.3 is 0 Å². The maximum absolute atomic E-state index is 11.5. The highest BCUT2D eigenvalue weighted by Gasteiger charge is 2.20. The highest BCUT2D eigenvalue weighted by molar-refractivity contribution is 5.95. The number of nitrogens with zero attached hydrogens (tertiary/aromatic N) is 1. The molecule has 2 atom stereocenters. The smallest absolute Gasteiger partial charge is 0.252 e. The summed E-state index contributed by atoms with van der Waals surface area (Å²) in [5.41, 5.74) is 6.41. The van der Waals surface area contributed by atoms with Gasteiger partial charge < -0.3 is 34.9 Å². The predicted octanol–water partition coefficient (Wildman–Crippen LogP) is 3.23. The van der Waals surface area contributed by atoms with Crippen LogP contribution < -0.4 is 19.9 Å². The first kappa shape index (κ1) is 28.8. The maximum Gasteiger partial charge on any atom is 0.252 e. The molecule has 3 rings (SSSR count). The quantitative estimate of drug-likeness (QED) is 0.244. The van der Waals surface area contributed by atoms with Crippen molar-refractivity contribution in [2.24, 2.45) is 5.73 Å². The lowest BCUT2D eigenvalue weighted by atomic mass is 10.1. The number of aliphatic hydroxyl groups is 1. The number of primary amides is 1. The molecule has 0 fully saturated rings. The highest BCUT2D eigenvalue weighted by Crippen LogP contribution is 2.23. The molecular weight excluding hydrogens is 488 g/mol. The molecule has 0 spiro atoms. The van der Waals surface area contributed by atoms with E-state index in [-0.39, 0.29) is 30.6 Å². The number of rotatable bonds is 16. The maximum atomic E-state index is 11.5. The van der Waals surface area contributed by atoms with Gasteiger partial charge in [-0.25, -0.2) is 0 Å². The molecule has 3 aromatic carbocycles. The lowest BCUT2D eigenvalue weighted by Gasteiger charge is -2.31. The number of carbonyl (C=O) groups is 1. The first-order valence-electron chi connectivity index (χ1n) is 12.4. The molecule has 204 valence electrons. The van der Waals surface area contributed by atoms with Gasteiger partial charge in [0.2, 0.25) is 0 Å². The molecule has 0 radical (unpaired) electrons. The average Bonchev–Trinajstić information content (AvgIpc) is 2.92. The van der Waals surface area contributed by atoms with E-state index in [1.165, 1.54) is 12.1 Å². The fraction of sp³-hybridized carbons (Fsp3) is 0.345. The number of nitrogens with two attached hydrogens (primary N) is 1. The lowest BCUT2D eigenvalue weighted by molar-refractivity contribution is 0.0410. The third-order valence-corrected chi connectivity index (χ3v) is 5.84. The van der Waals surface area contributed by atoms with Crippen molar-refractivity contribution < 1.29 is 34.0 Å². The van der Waals surface area contributed by atoms with Crippen LogP contribution in [0.2, 0.25) is 0 Å². The largest absolute Gasteiger partial charge is 0.507 e. The fourth-order valence-electron chi connectivity index (χ4n) is 3.73. The summed E-state index contributed by atoms with van der Waals surface area (Å²) in [6.07, 6.45) is -0.756. The summed E-state index contributed by atoms with van der Waals surface area (Å²) in [4.78, 5) is 13.6. The molecule has 0 aromatic heterocycles. The van der Waals surface area contributed by atoms with Crippen molar-refractivity contribution in [3.8, 4) is 23.0 Å². The van der Waals surface area contributed by atoms with Crippen LogP contribution in [0.25, 0.3) is 0 Å². The Kier molecular flexibility index (Phi) is 11.2. The van der Waals surface area contributed by atoms with Crippen LogP contribution in [0.4, 0.5) is 0 Å². The summed E-state index contributed by atoms with van der Waals surface area (Å²) in [6, 6.07) is 21.4. The van der Waals surface area contributed by atoms with Crippen molar-refractivity contribution in [2.75, 3.05) is 40.1 Å². The summed E-state index contributed by atoms with van der Waals surface area (Å²) < 4.78 is 22.2. The van der Waals surface area contributed by atoms with Gasteiger partial charge in [-0.3, -0.25) is 9.69 Å². The van der Waals surface area contributed by atoms with Gasteiger partial charge in [0.05, 0.1) is 12.2 Å². The van der Waals surface area contributed by atoms with Gasteiger partial charge in [-0.1, -0.05) is 30.3 Å². The molecule has 9 heteroatoms. The van der Waals surface area contributed by atoms with Gasteiger partial charge in [0.1, 0.15) is 48.9 Å². The molecular formula is C29H36N2O7. The lowest BCUT2D eigenvalue weighted by Crippen LogP contribution is -2.43. The molecule has 38 heavy (non-hydrogen) atoms. The zero-order valence-electron chi connectivity index (χ0n) is 21.8. The van der Waals surface area contributed by atoms with E-state index >= 15 is 0 Å². The Labute approximate surface area is 223 Å². The number of hydrogen-bond donors (Lipinski definition) is 3. The summed E-state index contributed by atoms with van der Waals surface area (Å²) in [5, 5.41) is 20.6. The van der Waals surface area contributed by atoms with E-state index in [0.717, 1.165) is 11.3 Å². The van der Waals surface area contributed by atoms with Gasteiger partial charge in [0.15, 0.2) is 0 Å². The number of hydrogen-bond acceptors (Lipinski definition) is 8. The second-order valence-electron chi connectivity index (χ2n) is 8.90. The zero-order valence-corrected chi connectivity index (χ0v) is 21.8. The van der Waals surface area contributed by atoms with E-state index < -0.39 is 12.0 Å². The van der Waals surface area contributed by atoms with Crippen LogP contribution >= 0.6 is 0 Å². The van der Waals surface area contributed by atoms with Crippen molar-refractivity contribution in [2.45, 2.75) is 25.6 Å². The first-order valence-corrected chi connectivity index (χ1v) is 12.4. The molecule has 3 aromatic rings. The van der Waals surface area contributed by atoms with E-state index in [9.17, 15) is 15.0 Å². The number of ether oxygens (including phenoxy) is 4. The Balaban J connectivity index is 1.58. The molecule has 4 N–H and O–H groups in total. The van der Waals surface area contributed by atoms with Crippen molar-refractivity contribution in [1.82, 2.24) is 4.90 Å². The molecule has 0 saturated carbocycles. The van der Waals surface area contributed by atoms with Gasteiger partial charge in [0, 0.05) is 26.2 Å². The summed E-state index contributed by atoms with van der Waals surface area (Å²) in [6.45, 7) is 4.31. The van der Waals surface area contributed by atoms with E-state index in [0.29, 0.717) is 37.8 Å². The molecule has 9 nitrogen and oxygen atoms in total. The number of carbonyl (C=O) groups excluding carboxylic acids is 1. The highest BCUT2D eigenvalue weighted by atomic mass is 16.5. The van der Waals surface area contributed by atoms with Crippen LogP contribution in [-0.2, 0) is 11.3 Å². The van der Waals surface area contributed by atoms with Crippen LogP contribution in [0, 0.1) is 0 Å². The van der Waals surface area contributed by atoms with Crippen LogP contribution in [0.1, 0.15) is 22.8 Å². The number of methoxy groups -OCH3 is 1. The second kappa shape index (κ2) is 14.8. The van der Waals surface area contributed by atoms with Crippen LogP contribution in [0.3, 0.4) is 0 Å². The van der Waals surface area contributed by atoms with E-state index in [4.69, 9.17) is 24.7 Å². The normalized spacial score (nSPS) is 12.6. The number of amides is 1. The molecule has 2 unspecified atom stereocenters. The van der Waals surface area contributed by atoms with Crippen molar-refractivity contribution in [3.05, 3.63) is 83.9 Å². The number of phenols is 1. The zero-order chi connectivity index (χ0) is 27.3. The summed E-state index contributed by atoms with van der Waals surface area (Å²) in [5.74, 6) is 0.839. The van der Waals surface area contributed by atoms with Crippen molar-refractivity contribution >= 4 is 5.91 Å². The SMILES string of the molecule is COCCOc1ccc(OCC(O)CN(Cc2ccccc2)C(C)COc2ccc(O)c(C(N)=O)c2)cc1. The van der Waals surface area contributed by atoms with Gasteiger partial charge in [-0.05, 0) is 55.0 Å². The Hall–Kier alpha value is -3.79. The average molecular weight is 525 g/mol. The standard InChI is InChI=1S/C29H36N2O7/c1-21(19-37-26-12-13-28(33)27(16-26)29(30)34)31(17-22-6-4-3-5-7-22)18-23(32)20-38-25-10-8-24(9-11-25)36-15-14-35-2/h3-13,16,21,23,32-33H,14-15,17-20H2,1-2H3,(H2,30,34). The Morgan fingerprint density at radius 1 is 0.895 bits per heavy atom. The first-order chi connectivity index (χ1) is 18.4. The Bertz CT molecular complexity index is 1130. The molecule has 1 amide bonds. The molecule has 0 bridgehead atoms. The minimum atomic E-state index is -0.756. The third-order valence-electron chi connectivity index (χ3n) is 5.84. The van der Waals surface area contributed by atoms with E-state index in [1.807, 2.05) is 49.4 Å². The van der Waals surface area contributed by atoms with E-state index in [1.54, 1.807) is 25.3 Å². The monoisotopic (exact) mass is 524 g/mol. The number of aliphatic hydroxyl groups excluding tert-OH is 1. The summed E-state index contributed by atoms with van der Waals surface area (Å²) >= 11 is 0. The molecule has 0 aliphatic heterocycles. The molecule has 0 heterocycles. The minimum Gasteiger partial charge on any atom is -0.507 e. The Morgan fingerprint density at radius 3 is 2.18 bits per heavy atom. The minimum absolute atomic E-state index is 0.00145. The summed E-state index contributed by atoms with van der Waals surface area (Å²) in [7, 11) is 1.62. The van der Waals surface area contributed by atoms with Gasteiger partial charge in [-0.2, -0.15) is 0 Å². The molecule has 0 saturated heterocycles. The molecule has 0 aliphatic carbocycles. The number of benzene rings is 3. The Morgan fingerprint density at radius 2 is 1.53 bits per heavy atom. The van der Waals surface area contributed by atoms with Crippen molar-refractivity contribution in [1.29, 1.82) is 0 Å². The fourth-order valence-corrected chi connectivity index (χ4v) is 3.73. The van der Waals surface area contributed by atoms with Crippen molar-refractivity contribution in [3.63, 3.8) is 0 Å². The van der Waals surface area contributed by atoms with Gasteiger partial charge in [-0.15, -0.1) is 0 Å².